The Labute approximate surface area is 201 Å². The van der Waals surface area contributed by atoms with Crippen molar-refractivity contribution in [2.24, 2.45) is 0 Å². The van der Waals surface area contributed by atoms with Crippen molar-refractivity contribution in [2.75, 3.05) is 12.4 Å². The minimum absolute atomic E-state index is 0.166. The van der Waals surface area contributed by atoms with Gasteiger partial charge in [0.05, 0.1) is 17.7 Å². The Morgan fingerprint density at radius 1 is 1.18 bits per heavy atom. The molecule has 0 aliphatic carbocycles. The lowest BCUT2D eigenvalue weighted by molar-refractivity contribution is -0.384. The van der Waals surface area contributed by atoms with Crippen LogP contribution < -0.4 is 14.8 Å². The van der Waals surface area contributed by atoms with Crippen LogP contribution >= 0.6 is 11.6 Å². The van der Waals surface area contributed by atoms with E-state index in [0.717, 1.165) is 5.56 Å². The number of methoxy groups -OCH3 is 1. The molecule has 3 aromatic carbocycles. The van der Waals surface area contributed by atoms with Crippen LogP contribution in [-0.2, 0) is 11.4 Å². The molecule has 3 rings (SSSR count). The molecule has 0 radical (unpaired) electrons. The topological polar surface area (TPSA) is 114 Å². The number of benzene rings is 3. The van der Waals surface area contributed by atoms with Crippen molar-refractivity contribution in [3.05, 3.63) is 98.1 Å². The number of hydrogen-bond acceptors (Lipinski definition) is 6. The molecule has 8 nitrogen and oxygen atoms in total. The van der Waals surface area contributed by atoms with Crippen LogP contribution in [0.4, 0.5) is 11.4 Å². The first-order chi connectivity index (χ1) is 16.3. The molecule has 0 fully saturated rings. The number of carbonyl (C=O) groups is 1. The summed E-state index contributed by atoms with van der Waals surface area (Å²) in [5.74, 6) is 0.187. The highest BCUT2D eigenvalue weighted by atomic mass is 35.5. The first-order valence-electron chi connectivity index (χ1n) is 10.0. The number of aryl methyl sites for hydroxylation is 1. The van der Waals surface area contributed by atoms with Crippen molar-refractivity contribution < 1.29 is 19.2 Å². The van der Waals surface area contributed by atoms with Crippen molar-refractivity contribution in [3.8, 4) is 17.6 Å². The van der Waals surface area contributed by atoms with Gasteiger partial charge in [0, 0.05) is 22.7 Å². The summed E-state index contributed by atoms with van der Waals surface area (Å²) in [6.45, 7) is 1.93. The third-order valence-electron chi connectivity index (χ3n) is 4.88. The summed E-state index contributed by atoms with van der Waals surface area (Å²) in [6.07, 6.45) is 1.39. The Hall–Kier alpha value is -4.35. The predicted octanol–water partition coefficient (Wildman–Crippen LogP) is 5.69. The number of carbonyl (C=O) groups excluding carboxylic acids is 1. The molecule has 0 spiro atoms. The lowest BCUT2D eigenvalue weighted by Crippen LogP contribution is -2.14. The van der Waals surface area contributed by atoms with Gasteiger partial charge in [-0.25, -0.2) is 0 Å². The van der Waals surface area contributed by atoms with Crippen LogP contribution in [0.25, 0.3) is 6.08 Å². The molecule has 34 heavy (non-hydrogen) atoms. The predicted molar refractivity (Wildman–Crippen MR) is 129 cm³/mol. The first kappa shape index (κ1) is 24.3. The van der Waals surface area contributed by atoms with E-state index in [0.29, 0.717) is 27.6 Å². The van der Waals surface area contributed by atoms with Gasteiger partial charge in [0.15, 0.2) is 11.5 Å². The average Bonchev–Trinajstić information content (AvgIpc) is 2.83. The fourth-order valence-corrected chi connectivity index (χ4v) is 3.22. The number of nitriles is 1. The van der Waals surface area contributed by atoms with E-state index < -0.39 is 10.8 Å². The van der Waals surface area contributed by atoms with Crippen molar-refractivity contribution in [2.45, 2.75) is 13.5 Å². The molecule has 0 aromatic heterocycles. The van der Waals surface area contributed by atoms with Crippen LogP contribution in [0.3, 0.4) is 0 Å². The number of amides is 1. The maximum atomic E-state index is 12.7. The summed E-state index contributed by atoms with van der Waals surface area (Å²) in [5, 5.41) is 23.7. The first-order valence-corrected chi connectivity index (χ1v) is 10.4. The van der Waals surface area contributed by atoms with E-state index in [1.54, 1.807) is 31.2 Å². The van der Waals surface area contributed by atoms with E-state index in [4.69, 9.17) is 21.1 Å². The standard InChI is InChI=1S/C25H20ClN3O5/c1-16-7-9-20(29(31)32)13-22(16)28-25(30)19(14-27)11-17-8-10-23(24(12-17)33-2)34-15-18-5-3-4-6-21(18)26/h3-13H,15H2,1-2H3,(H,28,30)/b19-11+. The van der Waals surface area contributed by atoms with Crippen LogP contribution in [0, 0.1) is 28.4 Å². The summed E-state index contributed by atoms with van der Waals surface area (Å²) in [5.41, 5.74) is 1.87. The highest BCUT2D eigenvalue weighted by molar-refractivity contribution is 6.31. The molecule has 1 amide bonds. The second-order valence-electron chi connectivity index (χ2n) is 7.17. The summed E-state index contributed by atoms with van der Waals surface area (Å²) < 4.78 is 11.2. The number of rotatable bonds is 8. The Balaban J connectivity index is 1.79. The molecular weight excluding hydrogens is 458 g/mol. The number of nitro groups is 1. The number of nitrogens with one attached hydrogen (secondary N) is 1. The molecular formula is C25H20ClN3O5. The van der Waals surface area contributed by atoms with Crippen molar-refractivity contribution in [3.63, 3.8) is 0 Å². The zero-order chi connectivity index (χ0) is 24.7. The average molecular weight is 478 g/mol. The molecule has 9 heteroatoms. The van der Waals surface area contributed by atoms with Crippen LogP contribution in [0.2, 0.25) is 5.02 Å². The fourth-order valence-electron chi connectivity index (χ4n) is 3.03. The Morgan fingerprint density at radius 2 is 1.94 bits per heavy atom. The van der Waals surface area contributed by atoms with Gasteiger partial charge >= 0.3 is 0 Å². The number of hydrogen-bond donors (Lipinski definition) is 1. The Kier molecular flexibility index (Phi) is 7.85. The van der Waals surface area contributed by atoms with Crippen molar-refractivity contribution in [1.82, 2.24) is 0 Å². The third kappa shape index (κ3) is 5.91. The molecule has 0 saturated carbocycles. The van der Waals surface area contributed by atoms with E-state index in [2.05, 4.69) is 5.32 Å². The van der Waals surface area contributed by atoms with E-state index in [9.17, 15) is 20.2 Å². The number of non-ortho nitro benzene ring substituents is 1. The SMILES string of the molecule is COc1cc(/C=C(\C#N)C(=O)Nc2cc([N+](=O)[O-])ccc2C)ccc1OCc1ccccc1Cl. The van der Waals surface area contributed by atoms with E-state index in [1.807, 2.05) is 24.3 Å². The van der Waals surface area contributed by atoms with Crippen LogP contribution in [0.15, 0.2) is 66.2 Å². The lowest BCUT2D eigenvalue weighted by atomic mass is 10.1. The van der Waals surface area contributed by atoms with E-state index >= 15 is 0 Å². The summed E-state index contributed by atoms with van der Waals surface area (Å²) in [7, 11) is 1.48. The quantitative estimate of drug-likeness (QED) is 0.193. The molecule has 0 aliphatic heterocycles. The maximum absolute atomic E-state index is 12.7. The molecule has 1 N–H and O–H groups in total. The molecule has 0 aliphatic rings. The highest BCUT2D eigenvalue weighted by Crippen LogP contribution is 2.30. The molecule has 3 aromatic rings. The summed E-state index contributed by atoms with van der Waals surface area (Å²) >= 11 is 6.16. The monoisotopic (exact) mass is 477 g/mol. The lowest BCUT2D eigenvalue weighted by Gasteiger charge is -2.12. The number of halogens is 1. The molecule has 0 saturated heterocycles. The molecule has 0 unspecified atom stereocenters. The molecule has 0 bridgehead atoms. The van der Waals surface area contributed by atoms with Gasteiger partial charge in [0.1, 0.15) is 18.2 Å². The number of nitro benzene ring substituents is 1. The van der Waals surface area contributed by atoms with Crippen LogP contribution in [0.5, 0.6) is 11.5 Å². The fraction of sp³-hybridized carbons (Fsp3) is 0.120. The van der Waals surface area contributed by atoms with Gasteiger partial charge in [-0.2, -0.15) is 5.26 Å². The second kappa shape index (κ2) is 11.0. The van der Waals surface area contributed by atoms with Crippen molar-refractivity contribution >= 4 is 35.0 Å². The smallest absolute Gasteiger partial charge is 0.271 e. The molecule has 0 atom stereocenters. The van der Waals surface area contributed by atoms with Gasteiger partial charge in [-0.1, -0.05) is 41.9 Å². The zero-order valence-electron chi connectivity index (χ0n) is 18.4. The summed E-state index contributed by atoms with van der Waals surface area (Å²) in [6, 6.07) is 18.3. The minimum Gasteiger partial charge on any atom is -0.493 e. The van der Waals surface area contributed by atoms with Crippen LogP contribution in [0.1, 0.15) is 16.7 Å². The van der Waals surface area contributed by atoms with Crippen LogP contribution in [-0.4, -0.2) is 17.9 Å². The Bertz CT molecular complexity index is 1310. The number of anilines is 1. The van der Waals surface area contributed by atoms with Gasteiger partial charge in [-0.15, -0.1) is 0 Å². The zero-order valence-corrected chi connectivity index (χ0v) is 19.1. The third-order valence-corrected chi connectivity index (χ3v) is 5.25. The number of nitrogens with zero attached hydrogens (tertiary/aromatic N) is 2. The van der Waals surface area contributed by atoms with Gasteiger partial charge in [-0.05, 0) is 42.3 Å². The minimum atomic E-state index is -0.691. The van der Waals surface area contributed by atoms with Crippen molar-refractivity contribution in [1.29, 1.82) is 5.26 Å². The second-order valence-corrected chi connectivity index (χ2v) is 7.58. The van der Waals surface area contributed by atoms with Gasteiger partial charge in [-0.3, -0.25) is 14.9 Å². The number of ether oxygens (including phenoxy) is 2. The molecule has 172 valence electrons. The summed E-state index contributed by atoms with van der Waals surface area (Å²) in [4.78, 5) is 23.1. The van der Waals surface area contributed by atoms with E-state index in [1.165, 1.54) is 31.4 Å². The largest absolute Gasteiger partial charge is 0.493 e. The Morgan fingerprint density at radius 3 is 2.62 bits per heavy atom. The van der Waals surface area contributed by atoms with Gasteiger partial charge in [0.2, 0.25) is 0 Å². The van der Waals surface area contributed by atoms with Gasteiger partial charge in [0.25, 0.3) is 11.6 Å². The van der Waals surface area contributed by atoms with Gasteiger partial charge < -0.3 is 14.8 Å². The normalized spacial score (nSPS) is 10.8. The van der Waals surface area contributed by atoms with E-state index in [-0.39, 0.29) is 23.6 Å². The highest BCUT2D eigenvalue weighted by Gasteiger charge is 2.15. The molecule has 0 heterocycles. The maximum Gasteiger partial charge on any atom is 0.271 e.